The van der Waals surface area contributed by atoms with Crippen LogP contribution in [0.1, 0.15) is 213 Å². The molecule has 4 aromatic rings. The van der Waals surface area contributed by atoms with Gasteiger partial charge >= 0.3 is 29.8 Å². The zero-order valence-electron chi connectivity index (χ0n) is 62.1. The average molecular weight is 1460 g/mol. The predicted octanol–water partition coefficient (Wildman–Crippen LogP) is 11.9. The summed E-state index contributed by atoms with van der Waals surface area (Å²) >= 11 is 0. The van der Waals surface area contributed by atoms with Crippen molar-refractivity contribution in [1.82, 2.24) is 5.32 Å². The van der Waals surface area contributed by atoms with Gasteiger partial charge in [-0.05, 0) is 85.2 Å². The van der Waals surface area contributed by atoms with Gasteiger partial charge in [-0.1, -0.05) is 195 Å². The van der Waals surface area contributed by atoms with Crippen molar-refractivity contribution in [3.63, 3.8) is 0 Å². The summed E-state index contributed by atoms with van der Waals surface area (Å²) in [7, 11) is 1.68. The molecule has 22 nitrogen and oxygen atoms in total. The maximum Gasteiger partial charge on any atom is 0.338 e. The van der Waals surface area contributed by atoms with Gasteiger partial charge in [0.05, 0.1) is 63.7 Å². The van der Waals surface area contributed by atoms with E-state index in [1.807, 2.05) is 45.4 Å². The number of ketones is 2. The van der Waals surface area contributed by atoms with Crippen LogP contribution in [-0.4, -0.2) is 157 Å². The number of likely N-dealkylation sites (N-methyl/N-ethyl adjacent to an activating group) is 1. The van der Waals surface area contributed by atoms with E-state index in [-0.39, 0.29) is 60.5 Å². The summed E-state index contributed by atoms with van der Waals surface area (Å²) in [5.74, 6) is -8.43. The second-order valence-corrected chi connectivity index (χ2v) is 31.8. The van der Waals surface area contributed by atoms with E-state index in [2.05, 4.69) is 5.32 Å². The maximum absolute atomic E-state index is 16.5. The number of unbranched alkanes of at least 4 members (excludes halogenated alkanes) is 15. The summed E-state index contributed by atoms with van der Waals surface area (Å²) in [6.07, 6.45) is 7.40. The Hall–Kier alpha value is -7.27. The number of ether oxygens (including phenoxy) is 6. The zero-order valence-corrected chi connectivity index (χ0v) is 63.0. The molecule has 0 aromatic heterocycles. The van der Waals surface area contributed by atoms with Crippen molar-refractivity contribution in [1.29, 1.82) is 0 Å². The van der Waals surface area contributed by atoms with Crippen LogP contribution in [-0.2, 0) is 83.6 Å². The molecule has 1 amide bonds. The number of quaternary nitrogens is 1. The fourth-order valence-electron chi connectivity index (χ4n) is 15.5. The van der Waals surface area contributed by atoms with E-state index in [4.69, 9.17) is 37.5 Å². The number of amides is 1. The molecule has 1 heterocycles. The van der Waals surface area contributed by atoms with E-state index >= 15 is 4.79 Å². The number of esters is 5. The highest BCUT2D eigenvalue weighted by Crippen LogP contribution is 2.65. The van der Waals surface area contributed by atoms with Gasteiger partial charge in [0, 0.05) is 50.5 Å². The van der Waals surface area contributed by atoms with Crippen LogP contribution in [0, 0.1) is 16.7 Å². The van der Waals surface area contributed by atoms with Gasteiger partial charge in [-0.3, -0.25) is 33.3 Å². The molecule has 3 aliphatic carbocycles. The number of hydrogen-bond acceptors (Lipinski definition) is 20. The Kier molecular flexibility index (Phi) is 29.6. The molecule has 4 aliphatic rings. The first-order valence-electron chi connectivity index (χ1n) is 37.1. The standard InChI is InChI=1S/C81H109N2O20P/c1-55-64(100-77(92)70(88)69(60-36-28-24-29-37-60)82-75(90)61-38-30-25-31-39-61)53-81(93)74(102-76(91)62-40-32-26-33-41-62)72-79(6,73(89)71(99-56(2)84)68(55)78(81,4)5)65(52-66-80(72,54-96-66)103-57(3)85)101-67(87)47-46-63(86)51-59-44-42-58(43-45-59)35-27-22-20-18-16-14-12-10-11-13-15-17-19-21-23-34-49-97-104(94,95)98-50-48-83(7,8)9/h24-26,28-33,36-45,64-66,69-72,74,88,93H,10-23,27,34-35,46-54H2,1-9H3,(H-,82,90,94,95)/t64-,65-,66+,69-,70+,71+,72-,74-,79+,80-,81+/m0/s1. The SMILES string of the molecule is CC(=O)O[C@H]1C(=O)[C@]2(C)[C@@H](OC(=O)CCC(=O)Cc3ccc(CCCCCCCCCCCCCCCCCCOP(=O)([O-])OCC[N+](C)(C)C)cc3)C[C@H]3OC[C@@]3(OC(C)=O)[C@H]2[C@H](OC(=O)c2ccccc2)[C@]2(O)C[C@H](OC(=O)[C@H](O)[C@@H](NC(=O)c3ccccc3)c3ccccc3)C(C)=C1C2(C)C. The minimum Gasteiger partial charge on any atom is -0.756 e. The predicted molar refractivity (Wildman–Crippen MR) is 386 cm³/mol. The number of carbonyl (C=O) groups is 8. The first-order chi connectivity index (χ1) is 49.4. The summed E-state index contributed by atoms with van der Waals surface area (Å²) in [4.78, 5) is 127. The Bertz CT molecular complexity index is 3640. The van der Waals surface area contributed by atoms with Crippen molar-refractivity contribution < 1.29 is 100.0 Å². The van der Waals surface area contributed by atoms with E-state index in [0.29, 0.717) is 23.0 Å². The highest BCUT2D eigenvalue weighted by atomic mass is 31.2. The number of hydrogen-bond donors (Lipinski definition) is 3. The zero-order chi connectivity index (χ0) is 75.5. The number of nitrogens with zero attached hydrogens (tertiary/aromatic N) is 1. The van der Waals surface area contributed by atoms with Crippen LogP contribution in [0.4, 0.5) is 0 Å². The average Bonchev–Trinajstić information content (AvgIpc) is 0.668. The molecular formula is C81H109N2O20P. The molecule has 0 spiro atoms. The van der Waals surface area contributed by atoms with Gasteiger partial charge in [0.15, 0.2) is 23.6 Å². The number of aliphatic hydroxyl groups excluding tert-OH is 1. The molecule has 0 radical (unpaired) electrons. The lowest BCUT2D eigenvalue weighted by atomic mass is 9.44. The lowest BCUT2D eigenvalue weighted by Gasteiger charge is -2.67. The van der Waals surface area contributed by atoms with Crippen molar-refractivity contribution in [2.24, 2.45) is 16.7 Å². The Morgan fingerprint density at radius 2 is 1.19 bits per heavy atom. The Balaban J connectivity index is 0.887. The van der Waals surface area contributed by atoms with Crippen LogP contribution in [0.5, 0.6) is 0 Å². The lowest BCUT2D eigenvalue weighted by molar-refractivity contribution is -0.870. The molecule has 568 valence electrons. The van der Waals surface area contributed by atoms with E-state index in [9.17, 15) is 53.2 Å². The monoisotopic (exact) mass is 1460 g/mol. The molecule has 8 rings (SSSR count). The first-order valence-corrected chi connectivity index (χ1v) is 38.6. The minimum atomic E-state index is -4.24. The van der Waals surface area contributed by atoms with Crippen molar-refractivity contribution in [2.45, 2.75) is 237 Å². The quantitative estimate of drug-likeness (QED) is 0.00930. The second kappa shape index (κ2) is 37.3. The van der Waals surface area contributed by atoms with Crippen LogP contribution in [0.25, 0.3) is 0 Å². The fraction of sp³-hybridized carbons (Fsp3) is 0.580. The van der Waals surface area contributed by atoms with Gasteiger partial charge in [-0.25, -0.2) is 9.59 Å². The minimum absolute atomic E-state index is 0.0167. The van der Waals surface area contributed by atoms with E-state index in [1.165, 1.54) is 90.2 Å². The molecule has 104 heavy (non-hydrogen) atoms. The highest BCUT2D eigenvalue weighted by Gasteiger charge is 2.79. The number of Topliss-reactive ketones (excluding diaryl/α,β-unsaturated/α-hetero) is 2. The largest absolute Gasteiger partial charge is 0.756 e. The van der Waals surface area contributed by atoms with Crippen molar-refractivity contribution in [3.8, 4) is 0 Å². The van der Waals surface area contributed by atoms with Crippen LogP contribution < -0.4 is 10.2 Å². The summed E-state index contributed by atoms with van der Waals surface area (Å²) in [5, 5.41) is 29.0. The van der Waals surface area contributed by atoms with Gasteiger partial charge in [-0.15, -0.1) is 0 Å². The third-order valence-electron chi connectivity index (χ3n) is 21.4. The molecular weight excluding hydrogens is 1350 g/mol. The number of benzene rings is 4. The first kappa shape index (κ1) is 82.4. The van der Waals surface area contributed by atoms with E-state index in [1.54, 1.807) is 92.7 Å². The molecule has 1 aliphatic heterocycles. The molecule has 4 aromatic carbocycles. The van der Waals surface area contributed by atoms with Crippen LogP contribution >= 0.6 is 7.82 Å². The van der Waals surface area contributed by atoms with Gasteiger partial charge in [0.1, 0.15) is 49.0 Å². The number of carbonyl (C=O) groups excluding carboxylic acids is 8. The van der Waals surface area contributed by atoms with E-state index in [0.717, 1.165) is 63.5 Å². The number of nitrogens with one attached hydrogen (secondary N) is 1. The van der Waals surface area contributed by atoms with Gasteiger partial charge in [0.2, 0.25) is 0 Å². The van der Waals surface area contributed by atoms with Gasteiger partial charge in [-0.2, -0.15) is 0 Å². The highest BCUT2D eigenvalue weighted by molar-refractivity contribution is 7.45. The van der Waals surface area contributed by atoms with E-state index < -0.39 is 139 Å². The molecule has 3 fully saturated rings. The molecule has 1 saturated heterocycles. The summed E-state index contributed by atoms with van der Waals surface area (Å²) in [5.41, 5.74) is -5.89. The third-order valence-corrected chi connectivity index (χ3v) is 22.4. The third kappa shape index (κ3) is 21.3. The molecule has 2 saturated carbocycles. The second-order valence-electron chi connectivity index (χ2n) is 30.4. The Morgan fingerprint density at radius 1 is 0.663 bits per heavy atom. The number of rotatable bonds is 40. The summed E-state index contributed by atoms with van der Waals surface area (Å²) < 4.78 is 60.3. The van der Waals surface area contributed by atoms with Gasteiger partial charge in [0.25, 0.3) is 13.7 Å². The Labute approximate surface area is 612 Å². The molecule has 12 atom stereocenters. The molecule has 1 unspecified atom stereocenters. The molecule has 2 bridgehead atoms. The number of phosphoric acid groups is 1. The smallest absolute Gasteiger partial charge is 0.338 e. The summed E-state index contributed by atoms with van der Waals surface area (Å²) in [6, 6.07) is 30.6. The molecule has 23 heteroatoms. The summed E-state index contributed by atoms with van der Waals surface area (Å²) in [6.45, 7) is 8.71. The lowest BCUT2D eigenvalue weighted by Crippen LogP contribution is -2.82. The number of aryl methyl sites for hydroxylation is 1. The Morgan fingerprint density at radius 3 is 1.73 bits per heavy atom. The maximum atomic E-state index is 16.5. The van der Waals surface area contributed by atoms with Crippen LogP contribution in [0.3, 0.4) is 0 Å². The topological polar surface area (TPSA) is 303 Å². The van der Waals surface area contributed by atoms with Gasteiger partial charge < -0.3 is 62.4 Å². The van der Waals surface area contributed by atoms with Crippen LogP contribution in [0.15, 0.2) is 126 Å². The fourth-order valence-corrected chi connectivity index (χ4v) is 16.2. The molecule has 3 N–H and O–H groups in total. The van der Waals surface area contributed by atoms with Crippen molar-refractivity contribution in [3.05, 3.63) is 154 Å². The number of phosphoric ester groups is 1. The number of fused-ring (bicyclic) bond motifs is 5. The van der Waals surface area contributed by atoms with Crippen molar-refractivity contribution in [2.75, 3.05) is 47.5 Å². The number of aliphatic hydroxyl groups is 2. The van der Waals surface area contributed by atoms with Crippen LogP contribution in [0.2, 0.25) is 0 Å². The van der Waals surface area contributed by atoms with Crippen molar-refractivity contribution >= 4 is 55.1 Å². The normalized spacial score (nSPS) is 24.5.